The van der Waals surface area contributed by atoms with E-state index in [-0.39, 0.29) is 11.6 Å². The van der Waals surface area contributed by atoms with Gasteiger partial charge in [-0.05, 0) is 48.0 Å². The first-order valence-corrected chi connectivity index (χ1v) is 7.54. The fourth-order valence-electron chi connectivity index (χ4n) is 2.20. The molecular formula is C14H20BrN3O. The molecule has 1 unspecified atom stereocenters. The van der Waals surface area contributed by atoms with Gasteiger partial charge >= 0.3 is 0 Å². The summed E-state index contributed by atoms with van der Waals surface area (Å²) in [4.78, 5) is 12.4. The molecule has 1 N–H and O–H groups in total. The molecule has 0 radical (unpaired) electrons. The van der Waals surface area contributed by atoms with Crippen LogP contribution in [0.25, 0.3) is 0 Å². The van der Waals surface area contributed by atoms with Crippen LogP contribution in [0.4, 0.5) is 5.69 Å². The molecule has 1 aliphatic carbocycles. The van der Waals surface area contributed by atoms with Crippen molar-refractivity contribution in [2.75, 3.05) is 5.32 Å². The van der Waals surface area contributed by atoms with Gasteiger partial charge in [0.1, 0.15) is 5.69 Å². The normalized spacial score (nSPS) is 16.7. The summed E-state index contributed by atoms with van der Waals surface area (Å²) in [6.07, 6.45) is 8.05. The number of aromatic nitrogens is 2. The molecule has 1 fully saturated rings. The first-order valence-electron chi connectivity index (χ1n) is 6.75. The highest BCUT2D eigenvalue weighted by Crippen LogP contribution is 2.27. The molecule has 1 aromatic rings. The van der Waals surface area contributed by atoms with Crippen LogP contribution in [0.3, 0.4) is 0 Å². The van der Waals surface area contributed by atoms with Gasteiger partial charge in [0.05, 0.1) is 10.7 Å². The molecule has 0 amide bonds. The zero-order valence-corrected chi connectivity index (χ0v) is 12.8. The lowest BCUT2D eigenvalue weighted by atomic mass is 9.85. The summed E-state index contributed by atoms with van der Waals surface area (Å²) >= 11 is 3.39. The van der Waals surface area contributed by atoms with Gasteiger partial charge in [-0.15, -0.1) is 6.58 Å². The van der Waals surface area contributed by atoms with Gasteiger partial charge in [-0.3, -0.25) is 4.79 Å². The molecule has 5 heteroatoms. The molecule has 2 rings (SSSR count). The quantitative estimate of drug-likeness (QED) is 0.817. The van der Waals surface area contributed by atoms with Crippen LogP contribution in [0.2, 0.25) is 0 Å². The van der Waals surface area contributed by atoms with Gasteiger partial charge in [0.15, 0.2) is 0 Å². The average Bonchev–Trinajstić information content (AvgIpc) is 2.32. The van der Waals surface area contributed by atoms with Gasteiger partial charge in [-0.2, -0.15) is 5.10 Å². The van der Waals surface area contributed by atoms with Gasteiger partial charge in [0.2, 0.25) is 0 Å². The molecule has 4 nitrogen and oxygen atoms in total. The summed E-state index contributed by atoms with van der Waals surface area (Å²) in [5, 5.41) is 7.45. The topological polar surface area (TPSA) is 46.9 Å². The number of rotatable bonds is 6. The van der Waals surface area contributed by atoms with E-state index in [2.05, 4.69) is 32.9 Å². The maximum absolute atomic E-state index is 12.4. The number of anilines is 1. The maximum atomic E-state index is 12.4. The number of halogens is 1. The summed E-state index contributed by atoms with van der Waals surface area (Å²) in [6, 6.07) is 0.182. The Morgan fingerprint density at radius 2 is 2.42 bits per heavy atom. The Balaban J connectivity index is 2.18. The molecule has 19 heavy (non-hydrogen) atoms. The van der Waals surface area contributed by atoms with E-state index in [0.29, 0.717) is 11.6 Å². The second-order valence-corrected chi connectivity index (χ2v) is 6.08. The Labute approximate surface area is 122 Å². The largest absolute Gasteiger partial charge is 0.377 e. The lowest BCUT2D eigenvalue weighted by Gasteiger charge is -2.25. The minimum absolute atomic E-state index is 0.0443. The average molecular weight is 326 g/mol. The standard InChI is InChI=1S/C14H20BrN3O/c1-3-5-10(2)17-13-12(15)8-16-18(14(13)19)9-11-6-4-7-11/h3,8,10-11,17H,1,4-7,9H2,2H3. The molecule has 0 spiro atoms. The zero-order chi connectivity index (χ0) is 13.8. The molecule has 104 valence electrons. The highest BCUT2D eigenvalue weighted by molar-refractivity contribution is 9.10. The third kappa shape index (κ3) is 3.47. The van der Waals surface area contributed by atoms with Crippen molar-refractivity contribution < 1.29 is 0 Å². The minimum Gasteiger partial charge on any atom is -0.377 e. The second kappa shape index (κ2) is 6.37. The number of hydrogen-bond acceptors (Lipinski definition) is 3. The summed E-state index contributed by atoms with van der Waals surface area (Å²) in [7, 11) is 0. The Morgan fingerprint density at radius 3 is 3.00 bits per heavy atom. The van der Waals surface area contributed by atoms with Gasteiger partial charge in [0.25, 0.3) is 5.56 Å². The molecule has 1 atom stereocenters. The molecule has 1 aromatic heterocycles. The third-order valence-electron chi connectivity index (χ3n) is 3.56. The van der Waals surface area contributed by atoms with E-state index in [4.69, 9.17) is 0 Å². The van der Waals surface area contributed by atoms with E-state index in [1.165, 1.54) is 19.3 Å². The summed E-state index contributed by atoms with van der Waals surface area (Å²) in [5.74, 6) is 0.616. The van der Waals surface area contributed by atoms with Crippen molar-refractivity contribution in [2.24, 2.45) is 5.92 Å². The number of hydrogen-bond donors (Lipinski definition) is 1. The molecule has 0 aliphatic heterocycles. The third-order valence-corrected chi connectivity index (χ3v) is 4.17. The van der Waals surface area contributed by atoms with E-state index in [0.717, 1.165) is 17.4 Å². The fourth-order valence-corrected chi connectivity index (χ4v) is 2.58. The minimum atomic E-state index is -0.0443. The smallest absolute Gasteiger partial charge is 0.291 e. The Kier molecular flexibility index (Phi) is 4.80. The fraction of sp³-hybridized carbons (Fsp3) is 0.571. The van der Waals surface area contributed by atoms with Gasteiger partial charge < -0.3 is 5.32 Å². The predicted molar refractivity (Wildman–Crippen MR) is 81.4 cm³/mol. The SMILES string of the molecule is C=CCC(C)Nc1c(Br)cnn(CC2CCC2)c1=O. The molecular weight excluding hydrogens is 306 g/mol. The van der Waals surface area contributed by atoms with Crippen molar-refractivity contribution in [3.63, 3.8) is 0 Å². The Bertz CT molecular complexity index is 508. The van der Waals surface area contributed by atoms with Crippen LogP contribution in [0.5, 0.6) is 0 Å². The van der Waals surface area contributed by atoms with Crippen molar-refractivity contribution in [1.29, 1.82) is 0 Å². The Morgan fingerprint density at radius 1 is 1.68 bits per heavy atom. The Hall–Kier alpha value is -1.10. The van der Waals surface area contributed by atoms with Crippen LogP contribution in [0.1, 0.15) is 32.6 Å². The lowest BCUT2D eigenvalue weighted by molar-refractivity contribution is 0.262. The van der Waals surface area contributed by atoms with E-state index in [9.17, 15) is 4.79 Å². The van der Waals surface area contributed by atoms with Gasteiger partial charge in [-0.25, -0.2) is 4.68 Å². The number of nitrogens with zero attached hydrogens (tertiary/aromatic N) is 2. The van der Waals surface area contributed by atoms with Gasteiger partial charge in [0, 0.05) is 12.6 Å². The number of nitrogens with one attached hydrogen (secondary N) is 1. The van der Waals surface area contributed by atoms with Crippen LogP contribution in [0, 0.1) is 5.92 Å². The predicted octanol–water partition coefficient (Wildman–Crippen LogP) is 3.18. The van der Waals surface area contributed by atoms with Crippen molar-refractivity contribution in [2.45, 2.75) is 45.2 Å². The summed E-state index contributed by atoms with van der Waals surface area (Å²) < 4.78 is 2.30. The van der Waals surface area contributed by atoms with Crippen LogP contribution >= 0.6 is 15.9 Å². The first kappa shape index (κ1) is 14.3. The van der Waals surface area contributed by atoms with Crippen molar-refractivity contribution in [3.05, 3.63) is 33.7 Å². The van der Waals surface area contributed by atoms with Crippen LogP contribution in [-0.4, -0.2) is 15.8 Å². The summed E-state index contributed by atoms with van der Waals surface area (Å²) in [6.45, 7) is 6.48. The second-order valence-electron chi connectivity index (χ2n) is 5.22. The molecule has 0 bridgehead atoms. The van der Waals surface area contributed by atoms with Gasteiger partial charge in [-0.1, -0.05) is 12.5 Å². The van der Waals surface area contributed by atoms with Crippen molar-refractivity contribution >= 4 is 21.6 Å². The zero-order valence-electron chi connectivity index (χ0n) is 11.2. The molecule has 1 heterocycles. The van der Waals surface area contributed by atoms with Crippen molar-refractivity contribution in [3.8, 4) is 0 Å². The highest BCUT2D eigenvalue weighted by Gasteiger charge is 2.20. The summed E-state index contributed by atoms with van der Waals surface area (Å²) in [5.41, 5.74) is 0.556. The van der Waals surface area contributed by atoms with Crippen LogP contribution in [-0.2, 0) is 6.54 Å². The van der Waals surface area contributed by atoms with Crippen molar-refractivity contribution in [1.82, 2.24) is 9.78 Å². The monoisotopic (exact) mass is 325 g/mol. The molecule has 0 aromatic carbocycles. The maximum Gasteiger partial charge on any atom is 0.291 e. The van der Waals surface area contributed by atoms with Crippen LogP contribution in [0.15, 0.2) is 28.1 Å². The highest BCUT2D eigenvalue weighted by atomic mass is 79.9. The molecule has 1 aliphatic rings. The first-order chi connectivity index (χ1) is 9.11. The van der Waals surface area contributed by atoms with E-state index in [1.807, 2.05) is 13.0 Å². The van der Waals surface area contributed by atoms with Crippen LogP contribution < -0.4 is 10.9 Å². The lowest BCUT2D eigenvalue weighted by Crippen LogP contribution is -2.32. The van der Waals surface area contributed by atoms with E-state index in [1.54, 1.807) is 10.9 Å². The molecule has 0 saturated heterocycles. The van der Waals surface area contributed by atoms with E-state index < -0.39 is 0 Å². The van der Waals surface area contributed by atoms with E-state index >= 15 is 0 Å². The molecule has 1 saturated carbocycles.